The number of allylic oxidation sites excluding steroid dienone is 6. The van der Waals surface area contributed by atoms with E-state index in [-0.39, 0.29) is 5.41 Å². The largest absolute Gasteiger partial charge is 0.260 e. The Labute approximate surface area is 330 Å². The Balaban J connectivity index is 1.15. The molecular formula is C52H46N4. The molecule has 4 aromatic carbocycles. The third kappa shape index (κ3) is 4.84. The highest BCUT2D eigenvalue weighted by molar-refractivity contribution is 5.97. The summed E-state index contributed by atoms with van der Waals surface area (Å²) in [5, 5.41) is 0. The van der Waals surface area contributed by atoms with Crippen molar-refractivity contribution >= 4 is 5.57 Å². The highest BCUT2D eigenvalue weighted by atomic mass is 15.0. The molecular weight excluding hydrogens is 681 g/mol. The average Bonchev–Trinajstić information content (AvgIpc) is 3.99. The van der Waals surface area contributed by atoms with Gasteiger partial charge in [-0.15, -0.1) is 0 Å². The highest BCUT2D eigenvalue weighted by Crippen LogP contribution is 2.67. The number of rotatable bonds is 6. The maximum absolute atomic E-state index is 5.43. The van der Waals surface area contributed by atoms with Crippen LogP contribution in [0, 0.1) is 11.8 Å². The molecule has 2 heterocycles. The van der Waals surface area contributed by atoms with E-state index in [1.807, 2.05) is 6.20 Å². The van der Waals surface area contributed by atoms with Gasteiger partial charge in [0, 0.05) is 39.8 Å². The predicted molar refractivity (Wildman–Crippen MR) is 228 cm³/mol. The molecule has 0 spiro atoms. The third-order valence-electron chi connectivity index (χ3n) is 13.6. The zero-order valence-electron chi connectivity index (χ0n) is 32.7. The molecule has 4 nitrogen and oxygen atoms in total. The van der Waals surface area contributed by atoms with Gasteiger partial charge in [-0.1, -0.05) is 131 Å². The molecule has 0 saturated heterocycles. The minimum atomic E-state index is -0.205. The van der Waals surface area contributed by atoms with Crippen LogP contribution in [-0.2, 0) is 5.41 Å². The van der Waals surface area contributed by atoms with Crippen LogP contribution in [0.25, 0.3) is 62.0 Å². The van der Waals surface area contributed by atoms with Crippen molar-refractivity contribution in [3.63, 3.8) is 0 Å². The first-order valence-corrected chi connectivity index (χ1v) is 20.7. The molecule has 6 aromatic rings. The topological polar surface area (TPSA) is 51.6 Å². The standard InChI is InChI=1S/C52H46N4/c1-30(2)52(31(3)4)44-24-12-22-41(45(44)39-26-25-38-42-29-43(42)48-40(23-13-27-53-48)46(38)47(39)52)51-55-49(33-15-6-5-7-16-33)54-50(56-51)35-19-10-18-34(28-35)37-21-11-17-32-14-8-9-20-36(32)37/h5-8,10,12-19,22-28,30-31,42-43H,9,11,20-21,29H2,1-4H3. The Bertz CT molecular complexity index is 2690. The van der Waals surface area contributed by atoms with E-state index in [1.165, 1.54) is 73.3 Å². The number of fused-ring (bicyclic) bond motifs is 11. The van der Waals surface area contributed by atoms with E-state index in [0.717, 1.165) is 48.2 Å². The molecule has 2 unspecified atom stereocenters. The van der Waals surface area contributed by atoms with Crippen molar-refractivity contribution in [1.82, 2.24) is 19.9 Å². The first-order chi connectivity index (χ1) is 27.4. The van der Waals surface area contributed by atoms with Crippen molar-refractivity contribution in [3.05, 3.63) is 161 Å². The maximum Gasteiger partial charge on any atom is 0.164 e. The summed E-state index contributed by atoms with van der Waals surface area (Å²) >= 11 is 0. The van der Waals surface area contributed by atoms with Gasteiger partial charge in [-0.05, 0) is 118 Å². The van der Waals surface area contributed by atoms with Crippen LogP contribution in [0.15, 0.2) is 133 Å². The molecule has 4 heteroatoms. The van der Waals surface area contributed by atoms with Crippen molar-refractivity contribution < 1.29 is 0 Å². The molecule has 274 valence electrons. The Hall–Kier alpha value is -5.74. The van der Waals surface area contributed by atoms with Gasteiger partial charge in [-0.2, -0.15) is 0 Å². The molecule has 11 rings (SSSR count). The SMILES string of the molecule is CC(C)C1(C(C)C)c2cccc(-c3nc(-c4ccccc4)nc(-c4cccc(C5=C6CCC=CC6=CCC5)c4)n3)c2-c2ccc3c(c21)-c1cccnc1C1CC31. The second kappa shape index (κ2) is 12.6. The molecule has 0 aliphatic heterocycles. The van der Waals surface area contributed by atoms with Gasteiger partial charge in [0.1, 0.15) is 0 Å². The number of aromatic nitrogens is 4. The van der Waals surface area contributed by atoms with E-state index in [4.69, 9.17) is 19.9 Å². The lowest BCUT2D eigenvalue weighted by molar-refractivity contribution is 0.281. The van der Waals surface area contributed by atoms with Crippen molar-refractivity contribution in [2.45, 2.75) is 77.0 Å². The maximum atomic E-state index is 5.43. The zero-order chi connectivity index (χ0) is 37.7. The van der Waals surface area contributed by atoms with Gasteiger partial charge in [0.2, 0.25) is 0 Å². The third-order valence-corrected chi connectivity index (χ3v) is 13.6. The van der Waals surface area contributed by atoms with E-state index in [0.29, 0.717) is 35.3 Å². The minimum absolute atomic E-state index is 0.205. The number of benzene rings is 4. The van der Waals surface area contributed by atoms with E-state index < -0.39 is 0 Å². The second-order valence-corrected chi connectivity index (χ2v) is 17.1. The summed E-state index contributed by atoms with van der Waals surface area (Å²) in [6.45, 7) is 9.68. The van der Waals surface area contributed by atoms with Crippen molar-refractivity contribution in [2.75, 3.05) is 0 Å². The van der Waals surface area contributed by atoms with Gasteiger partial charge in [0.25, 0.3) is 0 Å². The zero-order valence-corrected chi connectivity index (χ0v) is 32.7. The highest BCUT2D eigenvalue weighted by Gasteiger charge is 2.54. The Kier molecular flexibility index (Phi) is 7.58. The number of hydrogen-bond acceptors (Lipinski definition) is 4. The monoisotopic (exact) mass is 726 g/mol. The second-order valence-electron chi connectivity index (χ2n) is 17.1. The Morgan fingerprint density at radius 3 is 2.18 bits per heavy atom. The lowest BCUT2D eigenvalue weighted by atomic mass is 9.60. The summed E-state index contributed by atoms with van der Waals surface area (Å²) in [4.78, 5) is 21.0. The van der Waals surface area contributed by atoms with Gasteiger partial charge >= 0.3 is 0 Å². The summed E-state index contributed by atoms with van der Waals surface area (Å²) in [5.74, 6) is 3.90. The van der Waals surface area contributed by atoms with Gasteiger partial charge in [0.15, 0.2) is 17.5 Å². The molecule has 0 N–H and O–H groups in total. The number of pyridine rings is 1. The molecule has 5 aliphatic rings. The van der Waals surface area contributed by atoms with Crippen LogP contribution >= 0.6 is 0 Å². The lowest BCUT2D eigenvalue weighted by Crippen LogP contribution is -2.38. The predicted octanol–water partition coefficient (Wildman–Crippen LogP) is 12.9. The molecule has 5 aliphatic carbocycles. The lowest BCUT2D eigenvalue weighted by Gasteiger charge is -2.42. The van der Waals surface area contributed by atoms with Crippen LogP contribution in [0.2, 0.25) is 0 Å². The van der Waals surface area contributed by atoms with Crippen LogP contribution in [0.4, 0.5) is 0 Å². The van der Waals surface area contributed by atoms with Crippen LogP contribution in [-0.4, -0.2) is 19.9 Å². The van der Waals surface area contributed by atoms with Crippen LogP contribution in [0.1, 0.15) is 99.6 Å². The van der Waals surface area contributed by atoms with Gasteiger partial charge < -0.3 is 0 Å². The molecule has 56 heavy (non-hydrogen) atoms. The fraction of sp³-hybridized carbons (Fsp3) is 0.269. The molecule has 1 saturated carbocycles. The van der Waals surface area contributed by atoms with E-state index in [1.54, 1.807) is 0 Å². The van der Waals surface area contributed by atoms with Crippen LogP contribution in [0.5, 0.6) is 0 Å². The molecule has 0 bridgehead atoms. The smallest absolute Gasteiger partial charge is 0.164 e. The molecule has 0 amide bonds. The Morgan fingerprint density at radius 1 is 0.607 bits per heavy atom. The minimum Gasteiger partial charge on any atom is -0.260 e. The van der Waals surface area contributed by atoms with E-state index >= 15 is 0 Å². The average molecular weight is 727 g/mol. The first kappa shape index (κ1) is 33.6. The Morgan fingerprint density at radius 2 is 1.34 bits per heavy atom. The summed E-state index contributed by atoms with van der Waals surface area (Å²) in [6, 6.07) is 35.5. The fourth-order valence-corrected chi connectivity index (χ4v) is 11.2. The number of hydrogen-bond donors (Lipinski definition) is 0. The van der Waals surface area contributed by atoms with E-state index in [2.05, 4.69) is 143 Å². The van der Waals surface area contributed by atoms with Crippen LogP contribution < -0.4 is 0 Å². The van der Waals surface area contributed by atoms with Crippen molar-refractivity contribution in [1.29, 1.82) is 0 Å². The molecule has 2 aromatic heterocycles. The molecule has 2 atom stereocenters. The molecule has 0 radical (unpaired) electrons. The van der Waals surface area contributed by atoms with Gasteiger partial charge in [-0.25, -0.2) is 15.0 Å². The summed E-state index contributed by atoms with van der Waals surface area (Å²) in [6.07, 6.45) is 14.5. The summed E-state index contributed by atoms with van der Waals surface area (Å²) in [7, 11) is 0. The van der Waals surface area contributed by atoms with Crippen LogP contribution in [0.3, 0.4) is 0 Å². The molecule has 1 fully saturated rings. The van der Waals surface area contributed by atoms with Gasteiger partial charge in [0.05, 0.1) is 5.69 Å². The normalized spacial score (nSPS) is 19.5. The fourth-order valence-electron chi connectivity index (χ4n) is 11.2. The summed E-state index contributed by atoms with van der Waals surface area (Å²) < 4.78 is 0. The number of nitrogens with zero attached hydrogens (tertiary/aromatic N) is 4. The quantitative estimate of drug-likeness (QED) is 0.171. The summed E-state index contributed by atoms with van der Waals surface area (Å²) in [5.41, 5.74) is 19.5. The van der Waals surface area contributed by atoms with Crippen molar-refractivity contribution in [3.8, 4) is 56.4 Å². The van der Waals surface area contributed by atoms with Gasteiger partial charge in [-0.3, -0.25) is 4.98 Å². The van der Waals surface area contributed by atoms with E-state index in [9.17, 15) is 0 Å². The van der Waals surface area contributed by atoms with Crippen molar-refractivity contribution in [2.24, 2.45) is 11.8 Å². The first-order valence-electron chi connectivity index (χ1n) is 20.7.